The Kier molecular flexibility index (Phi) is 2.67. The number of aromatic nitrogens is 2. The molecule has 3 aromatic rings. The van der Waals surface area contributed by atoms with Crippen molar-refractivity contribution in [3.05, 3.63) is 47.8 Å². The van der Waals surface area contributed by atoms with Crippen molar-refractivity contribution in [2.75, 3.05) is 0 Å². The van der Waals surface area contributed by atoms with E-state index < -0.39 is 5.97 Å². The van der Waals surface area contributed by atoms with Crippen LogP contribution < -0.4 is 0 Å². The standard InChI is InChI=1S/C16H16N2O2/c1-10-5-4-6-13-15(10)11(9-17(13)2)12-7-8-14(16(19)20)18(12)3/h4-9H,1-3H3,(H,19,20). The Hall–Kier alpha value is -2.49. The highest BCUT2D eigenvalue weighted by Crippen LogP contribution is 2.33. The van der Waals surface area contributed by atoms with Gasteiger partial charge in [0.15, 0.2) is 0 Å². The van der Waals surface area contributed by atoms with Gasteiger partial charge in [-0.1, -0.05) is 12.1 Å². The van der Waals surface area contributed by atoms with Crippen molar-refractivity contribution in [1.82, 2.24) is 9.13 Å². The van der Waals surface area contributed by atoms with Gasteiger partial charge in [-0.05, 0) is 30.7 Å². The molecule has 0 fully saturated rings. The molecule has 0 aliphatic carbocycles. The molecule has 0 spiro atoms. The molecular weight excluding hydrogens is 252 g/mol. The number of hydrogen-bond acceptors (Lipinski definition) is 1. The fraction of sp³-hybridized carbons (Fsp3) is 0.188. The first-order valence-corrected chi connectivity index (χ1v) is 6.44. The molecule has 0 radical (unpaired) electrons. The van der Waals surface area contributed by atoms with Crippen LogP contribution in [0, 0.1) is 6.92 Å². The van der Waals surface area contributed by atoms with Crippen LogP contribution >= 0.6 is 0 Å². The summed E-state index contributed by atoms with van der Waals surface area (Å²) >= 11 is 0. The molecule has 0 saturated heterocycles. The number of nitrogens with zero attached hydrogens (tertiary/aromatic N) is 2. The molecule has 3 rings (SSSR count). The molecule has 1 aromatic carbocycles. The summed E-state index contributed by atoms with van der Waals surface area (Å²) in [6, 6.07) is 9.70. The van der Waals surface area contributed by atoms with Gasteiger partial charge in [-0.25, -0.2) is 4.79 Å². The lowest BCUT2D eigenvalue weighted by Gasteiger charge is -2.05. The zero-order valence-electron chi connectivity index (χ0n) is 11.7. The van der Waals surface area contributed by atoms with E-state index in [0.717, 1.165) is 16.8 Å². The van der Waals surface area contributed by atoms with Crippen LogP contribution in [0.1, 0.15) is 16.1 Å². The van der Waals surface area contributed by atoms with Crippen molar-refractivity contribution in [3.8, 4) is 11.3 Å². The fourth-order valence-electron chi connectivity index (χ4n) is 2.81. The van der Waals surface area contributed by atoms with Gasteiger partial charge in [-0.15, -0.1) is 0 Å². The van der Waals surface area contributed by atoms with Crippen molar-refractivity contribution < 1.29 is 9.90 Å². The van der Waals surface area contributed by atoms with E-state index in [1.165, 1.54) is 10.9 Å². The number of carbonyl (C=O) groups is 1. The van der Waals surface area contributed by atoms with Gasteiger partial charge in [0.1, 0.15) is 5.69 Å². The normalized spacial score (nSPS) is 11.2. The summed E-state index contributed by atoms with van der Waals surface area (Å²) in [5.41, 5.74) is 4.62. The smallest absolute Gasteiger partial charge is 0.352 e. The SMILES string of the molecule is Cc1cccc2c1c(-c1ccc(C(=O)O)n1C)cn2C. The third-order valence-electron chi connectivity index (χ3n) is 3.84. The first-order chi connectivity index (χ1) is 9.50. The predicted molar refractivity (Wildman–Crippen MR) is 79.0 cm³/mol. The molecule has 102 valence electrons. The van der Waals surface area contributed by atoms with E-state index in [1.54, 1.807) is 17.7 Å². The predicted octanol–water partition coefficient (Wildman–Crippen LogP) is 3.19. The zero-order chi connectivity index (χ0) is 14.4. The van der Waals surface area contributed by atoms with Gasteiger partial charge in [0, 0.05) is 36.8 Å². The van der Waals surface area contributed by atoms with Crippen LogP contribution in [0.4, 0.5) is 0 Å². The Morgan fingerprint density at radius 1 is 1.15 bits per heavy atom. The monoisotopic (exact) mass is 268 g/mol. The summed E-state index contributed by atoms with van der Waals surface area (Å²) in [7, 11) is 3.79. The second kappa shape index (κ2) is 4.27. The van der Waals surface area contributed by atoms with Crippen LogP contribution in [0.15, 0.2) is 36.5 Å². The second-order valence-electron chi connectivity index (χ2n) is 5.09. The highest BCUT2D eigenvalue weighted by atomic mass is 16.4. The molecule has 2 heterocycles. The topological polar surface area (TPSA) is 47.2 Å². The van der Waals surface area contributed by atoms with Gasteiger partial charge < -0.3 is 14.2 Å². The van der Waals surface area contributed by atoms with Crippen molar-refractivity contribution in [3.63, 3.8) is 0 Å². The van der Waals surface area contributed by atoms with Crippen LogP contribution in [-0.4, -0.2) is 20.2 Å². The van der Waals surface area contributed by atoms with E-state index >= 15 is 0 Å². The van der Waals surface area contributed by atoms with Gasteiger partial charge >= 0.3 is 5.97 Å². The number of rotatable bonds is 2. The van der Waals surface area contributed by atoms with Crippen molar-refractivity contribution >= 4 is 16.9 Å². The molecule has 4 heteroatoms. The Bertz CT molecular complexity index is 824. The fourth-order valence-corrected chi connectivity index (χ4v) is 2.81. The first kappa shape index (κ1) is 12.5. The lowest BCUT2D eigenvalue weighted by atomic mass is 10.1. The summed E-state index contributed by atoms with van der Waals surface area (Å²) in [5.74, 6) is -0.907. The van der Waals surface area contributed by atoms with Gasteiger partial charge in [0.2, 0.25) is 0 Å². The van der Waals surface area contributed by atoms with E-state index in [0.29, 0.717) is 5.69 Å². The Morgan fingerprint density at radius 3 is 2.55 bits per heavy atom. The van der Waals surface area contributed by atoms with E-state index in [4.69, 9.17) is 0 Å². The van der Waals surface area contributed by atoms with E-state index in [1.807, 2.05) is 19.2 Å². The molecule has 0 aliphatic rings. The van der Waals surface area contributed by atoms with Gasteiger partial charge in [-0.3, -0.25) is 0 Å². The number of benzene rings is 1. The zero-order valence-corrected chi connectivity index (χ0v) is 11.7. The van der Waals surface area contributed by atoms with Crippen LogP contribution in [0.25, 0.3) is 22.2 Å². The highest BCUT2D eigenvalue weighted by Gasteiger charge is 2.16. The van der Waals surface area contributed by atoms with Gasteiger partial charge in [0.25, 0.3) is 0 Å². The largest absolute Gasteiger partial charge is 0.477 e. The molecule has 0 bridgehead atoms. The Labute approximate surface area is 116 Å². The molecule has 0 saturated carbocycles. The van der Waals surface area contributed by atoms with E-state index in [2.05, 4.69) is 29.8 Å². The van der Waals surface area contributed by atoms with Crippen molar-refractivity contribution in [2.24, 2.45) is 14.1 Å². The average molecular weight is 268 g/mol. The van der Waals surface area contributed by atoms with Gasteiger partial charge in [-0.2, -0.15) is 0 Å². The van der Waals surface area contributed by atoms with Crippen LogP contribution in [0.3, 0.4) is 0 Å². The number of carboxylic acids is 1. The number of hydrogen-bond donors (Lipinski definition) is 1. The minimum atomic E-state index is -0.907. The summed E-state index contributed by atoms with van der Waals surface area (Å²) in [6.45, 7) is 2.08. The van der Waals surface area contributed by atoms with E-state index in [9.17, 15) is 9.90 Å². The summed E-state index contributed by atoms with van der Waals surface area (Å²) < 4.78 is 3.80. The molecule has 4 nitrogen and oxygen atoms in total. The Morgan fingerprint density at radius 2 is 1.90 bits per heavy atom. The number of aryl methyl sites for hydroxylation is 2. The summed E-state index contributed by atoms with van der Waals surface area (Å²) in [5, 5.41) is 10.3. The molecular formula is C16H16N2O2. The minimum Gasteiger partial charge on any atom is -0.477 e. The van der Waals surface area contributed by atoms with Crippen LogP contribution in [0.2, 0.25) is 0 Å². The third kappa shape index (κ3) is 1.65. The Balaban J connectivity index is 2.33. The summed E-state index contributed by atoms with van der Waals surface area (Å²) in [6.07, 6.45) is 2.05. The van der Waals surface area contributed by atoms with Crippen molar-refractivity contribution in [1.29, 1.82) is 0 Å². The lowest BCUT2D eigenvalue weighted by Crippen LogP contribution is -2.04. The second-order valence-corrected chi connectivity index (χ2v) is 5.09. The lowest BCUT2D eigenvalue weighted by molar-refractivity contribution is 0.0687. The van der Waals surface area contributed by atoms with Crippen LogP contribution in [-0.2, 0) is 14.1 Å². The number of aromatic carboxylic acids is 1. The first-order valence-electron chi connectivity index (χ1n) is 6.44. The van der Waals surface area contributed by atoms with E-state index in [-0.39, 0.29) is 0 Å². The molecule has 20 heavy (non-hydrogen) atoms. The quantitative estimate of drug-likeness (QED) is 0.776. The molecule has 0 atom stereocenters. The third-order valence-corrected chi connectivity index (χ3v) is 3.84. The molecule has 0 amide bonds. The average Bonchev–Trinajstić information content (AvgIpc) is 2.92. The molecule has 2 aromatic heterocycles. The number of fused-ring (bicyclic) bond motifs is 1. The molecule has 0 aliphatic heterocycles. The highest BCUT2D eigenvalue weighted by molar-refractivity contribution is 5.98. The number of carboxylic acid groups (broad SMARTS) is 1. The summed E-state index contributed by atoms with van der Waals surface area (Å²) in [4.78, 5) is 11.2. The maximum atomic E-state index is 11.2. The van der Waals surface area contributed by atoms with Gasteiger partial charge in [0.05, 0.1) is 5.69 Å². The minimum absolute atomic E-state index is 0.297. The van der Waals surface area contributed by atoms with Crippen molar-refractivity contribution in [2.45, 2.75) is 6.92 Å². The molecule has 1 N–H and O–H groups in total. The van der Waals surface area contributed by atoms with Crippen LogP contribution in [0.5, 0.6) is 0 Å². The maximum Gasteiger partial charge on any atom is 0.352 e. The maximum absolute atomic E-state index is 11.2. The molecule has 0 unspecified atom stereocenters.